The molecule has 0 spiro atoms. The molecule has 1 aromatic heterocycles. The SMILES string of the molecule is C[C@@H](Cn1cncn1)NC(=O)Nc1cc(F)ccc1N1CCCCC1. The van der Waals surface area contributed by atoms with Gasteiger partial charge in [0.15, 0.2) is 0 Å². The van der Waals surface area contributed by atoms with Crippen molar-refractivity contribution in [1.29, 1.82) is 0 Å². The molecule has 1 fully saturated rings. The maximum atomic E-state index is 13.7. The third-order valence-corrected chi connectivity index (χ3v) is 4.21. The van der Waals surface area contributed by atoms with Gasteiger partial charge in [-0.25, -0.2) is 14.2 Å². The van der Waals surface area contributed by atoms with Crippen LogP contribution in [0.4, 0.5) is 20.6 Å². The second kappa shape index (κ2) is 7.96. The highest BCUT2D eigenvalue weighted by Crippen LogP contribution is 2.29. The topological polar surface area (TPSA) is 75.1 Å². The minimum Gasteiger partial charge on any atom is -0.370 e. The van der Waals surface area contributed by atoms with E-state index < -0.39 is 0 Å². The molecular weight excluding hydrogens is 323 g/mol. The van der Waals surface area contributed by atoms with E-state index in [2.05, 4.69) is 25.6 Å². The van der Waals surface area contributed by atoms with Crippen molar-refractivity contribution in [3.63, 3.8) is 0 Å². The lowest BCUT2D eigenvalue weighted by molar-refractivity contribution is 0.247. The van der Waals surface area contributed by atoms with Crippen LogP contribution >= 0.6 is 0 Å². The van der Waals surface area contributed by atoms with Crippen molar-refractivity contribution in [1.82, 2.24) is 20.1 Å². The zero-order valence-corrected chi connectivity index (χ0v) is 14.3. The van der Waals surface area contributed by atoms with E-state index in [1.54, 1.807) is 17.1 Å². The molecule has 134 valence electrons. The first-order valence-corrected chi connectivity index (χ1v) is 8.56. The zero-order valence-electron chi connectivity index (χ0n) is 14.3. The second-order valence-electron chi connectivity index (χ2n) is 6.33. The van der Waals surface area contributed by atoms with Gasteiger partial charge in [0.2, 0.25) is 0 Å². The number of halogens is 1. The van der Waals surface area contributed by atoms with Crippen LogP contribution in [0.1, 0.15) is 26.2 Å². The summed E-state index contributed by atoms with van der Waals surface area (Å²) in [6.07, 6.45) is 6.47. The summed E-state index contributed by atoms with van der Waals surface area (Å²) in [4.78, 5) is 18.4. The van der Waals surface area contributed by atoms with Crippen molar-refractivity contribution >= 4 is 17.4 Å². The summed E-state index contributed by atoms with van der Waals surface area (Å²) in [7, 11) is 0. The van der Waals surface area contributed by atoms with E-state index >= 15 is 0 Å². The largest absolute Gasteiger partial charge is 0.370 e. The summed E-state index contributed by atoms with van der Waals surface area (Å²) in [6, 6.07) is 4.02. The van der Waals surface area contributed by atoms with Gasteiger partial charge in [0.25, 0.3) is 0 Å². The zero-order chi connectivity index (χ0) is 17.6. The molecular formula is C17H23FN6O. The molecule has 3 rings (SSSR count). The number of hydrogen-bond acceptors (Lipinski definition) is 4. The molecule has 2 heterocycles. The Kier molecular flexibility index (Phi) is 5.47. The Bertz CT molecular complexity index is 699. The van der Waals surface area contributed by atoms with E-state index in [0.717, 1.165) is 31.6 Å². The Balaban J connectivity index is 1.64. The van der Waals surface area contributed by atoms with Gasteiger partial charge in [-0.1, -0.05) is 0 Å². The van der Waals surface area contributed by atoms with Crippen molar-refractivity contribution in [2.24, 2.45) is 0 Å². The highest BCUT2D eigenvalue weighted by Gasteiger charge is 2.17. The van der Waals surface area contributed by atoms with E-state index in [9.17, 15) is 9.18 Å². The van der Waals surface area contributed by atoms with Gasteiger partial charge in [-0.05, 0) is 44.4 Å². The number of urea groups is 1. The lowest BCUT2D eigenvalue weighted by atomic mass is 10.1. The van der Waals surface area contributed by atoms with Crippen LogP contribution in [0.5, 0.6) is 0 Å². The number of piperidine rings is 1. The molecule has 1 aromatic carbocycles. The number of rotatable bonds is 5. The standard InChI is InChI=1S/C17H23FN6O/c1-13(10-24-12-19-11-20-24)21-17(25)22-15-9-14(18)5-6-16(15)23-7-3-2-4-8-23/h5-6,9,11-13H,2-4,7-8,10H2,1H3,(H2,21,22,25)/t13-/m0/s1. The number of anilines is 2. The molecule has 0 radical (unpaired) electrons. The molecule has 1 aliphatic rings. The Morgan fingerprint density at radius 3 is 2.84 bits per heavy atom. The van der Waals surface area contributed by atoms with Crippen LogP contribution in [0.2, 0.25) is 0 Å². The molecule has 8 heteroatoms. The number of nitrogens with zero attached hydrogens (tertiary/aromatic N) is 4. The molecule has 2 amide bonds. The van der Waals surface area contributed by atoms with Crippen LogP contribution in [0.25, 0.3) is 0 Å². The van der Waals surface area contributed by atoms with Crippen molar-refractivity contribution in [2.75, 3.05) is 23.3 Å². The van der Waals surface area contributed by atoms with E-state index in [0.29, 0.717) is 12.2 Å². The molecule has 1 atom stereocenters. The molecule has 1 aliphatic heterocycles. The first-order chi connectivity index (χ1) is 12.1. The predicted octanol–water partition coefficient (Wildman–Crippen LogP) is 2.62. The normalized spacial score (nSPS) is 15.7. The van der Waals surface area contributed by atoms with Crippen molar-refractivity contribution in [2.45, 2.75) is 38.8 Å². The van der Waals surface area contributed by atoms with E-state index in [4.69, 9.17) is 0 Å². The van der Waals surface area contributed by atoms with Gasteiger partial charge >= 0.3 is 6.03 Å². The molecule has 2 N–H and O–H groups in total. The molecule has 0 aliphatic carbocycles. The van der Waals surface area contributed by atoms with Crippen molar-refractivity contribution in [3.8, 4) is 0 Å². The summed E-state index contributed by atoms with van der Waals surface area (Å²) in [6.45, 7) is 4.23. The van der Waals surface area contributed by atoms with Crippen LogP contribution in [0.3, 0.4) is 0 Å². The third kappa shape index (κ3) is 4.68. The second-order valence-corrected chi connectivity index (χ2v) is 6.33. The van der Waals surface area contributed by atoms with Crippen LogP contribution in [-0.2, 0) is 6.54 Å². The molecule has 1 saturated heterocycles. The van der Waals surface area contributed by atoms with Gasteiger partial charge in [0.1, 0.15) is 18.5 Å². The quantitative estimate of drug-likeness (QED) is 0.873. The minimum absolute atomic E-state index is 0.145. The van der Waals surface area contributed by atoms with E-state index in [1.165, 1.54) is 24.9 Å². The summed E-state index contributed by atoms with van der Waals surface area (Å²) in [5.74, 6) is -0.369. The smallest absolute Gasteiger partial charge is 0.319 e. The molecule has 0 bridgehead atoms. The summed E-state index contributed by atoms with van der Waals surface area (Å²) in [5, 5.41) is 9.63. The van der Waals surface area contributed by atoms with Gasteiger partial charge in [0.05, 0.1) is 17.9 Å². The number of hydrogen-bond donors (Lipinski definition) is 2. The van der Waals surface area contributed by atoms with Gasteiger partial charge in [0, 0.05) is 19.1 Å². The highest BCUT2D eigenvalue weighted by molar-refractivity contribution is 5.93. The summed E-state index contributed by atoms with van der Waals surface area (Å²) in [5.41, 5.74) is 1.35. The number of aromatic nitrogens is 3. The highest BCUT2D eigenvalue weighted by atomic mass is 19.1. The summed E-state index contributed by atoms with van der Waals surface area (Å²) < 4.78 is 15.3. The van der Waals surface area contributed by atoms with Gasteiger partial charge < -0.3 is 15.5 Å². The maximum absolute atomic E-state index is 13.7. The number of nitrogens with one attached hydrogen (secondary N) is 2. The Morgan fingerprint density at radius 1 is 1.32 bits per heavy atom. The fourth-order valence-electron chi connectivity index (χ4n) is 3.05. The van der Waals surface area contributed by atoms with Crippen LogP contribution < -0.4 is 15.5 Å². The van der Waals surface area contributed by atoms with Crippen LogP contribution in [0, 0.1) is 5.82 Å². The molecule has 0 unspecified atom stereocenters. The molecule has 25 heavy (non-hydrogen) atoms. The Labute approximate surface area is 146 Å². The molecule has 2 aromatic rings. The maximum Gasteiger partial charge on any atom is 0.319 e. The minimum atomic E-state index is -0.369. The lowest BCUT2D eigenvalue weighted by Crippen LogP contribution is -2.39. The van der Waals surface area contributed by atoms with Crippen molar-refractivity contribution in [3.05, 3.63) is 36.7 Å². The van der Waals surface area contributed by atoms with E-state index in [-0.39, 0.29) is 17.9 Å². The Morgan fingerprint density at radius 2 is 2.12 bits per heavy atom. The molecule has 0 saturated carbocycles. The van der Waals surface area contributed by atoms with Crippen LogP contribution in [-0.4, -0.2) is 39.9 Å². The fraction of sp³-hybridized carbons (Fsp3) is 0.471. The van der Waals surface area contributed by atoms with E-state index in [1.807, 2.05) is 6.92 Å². The number of amides is 2. The van der Waals surface area contributed by atoms with Gasteiger partial charge in [-0.2, -0.15) is 5.10 Å². The number of benzene rings is 1. The predicted molar refractivity (Wildman–Crippen MR) is 94.1 cm³/mol. The summed E-state index contributed by atoms with van der Waals surface area (Å²) >= 11 is 0. The number of carbonyl (C=O) groups excluding carboxylic acids is 1. The van der Waals surface area contributed by atoms with Crippen molar-refractivity contribution < 1.29 is 9.18 Å². The van der Waals surface area contributed by atoms with Gasteiger partial charge in [-0.3, -0.25) is 4.68 Å². The number of carbonyl (C=O) groups is 1. The third-order valence-electron chi connectivity index (χ3n) is 4.21. The van der Waals surface area contributed by atoms with Crippen LogP contribution in [0.15, 0.2) is 30.9 Å². The lowest BCUT2D eigenvalue weighted by Gasteiger charge is -2.30. The van der Waals surface area contributed by atoms with Gasteiger partial charge in [-0.15, -0.1) is 0 Å². The first kappa shape index (κ1) is 17.2. The average Bonchev–Trinajstić information content (AvgIpc) is 3.08. The molecule has 7 nitrogen and oxygen atoms in total. The first-order valence-electron chi connectivity index (χ1n) is 8.56. The monoisotopic (exact) mass is 346 g/mol. The Hall–Kier alpha value is -2.64. The average molecular weight is 346 g/mol. The fourth-order valence-corrected chi connectivity index (χ4v) is 3.05.